The number of unbranched alkanes of at least 4 members (excludes halogenated alkanes) is 13. The molecule has 8 heteroatoms. The third-order valence-corrected chi connectivity index (χ3v) is 8.90. The van der Waals surface area contributed by atoms with Gasteiger partial charge >= 0.3 is 18.0 Å². The number of amides is 1. The Morgan fingerprint density at radius 3 is 1.82 bits per heavy atom. The fourth-order valence-corrected chi connectivity index (χ4v) is 6.01. The SMILES string of the molecule is CCCCCCCCC(CC)OC(=O)CCCCCCCN(CCCCCCCC(=O)OC(C)(C)C)CCCNC(=O)OCc1ccccc1. The van der Waals surface area contributed by atoms with Gasteiger partial charge in [-0.3, -0.25) is 9.59 Å². The summed E-state index contributed by atoms with van der Waals surface area (Å²) >= 11 is 0. The van der Waals surface area contributed by atoms with Crippen molar-refractivity contribution in [1.82, 2.24) is 10.2 Å². The highest BCUT2D eigenvalue weighted by Crippen LogP contribution is 2.16. The standard InChI is InChI=1S/C42H74N2O6/c1-6-8-9-10-13-21-29-38(7-2)49-39(45)30-22-14-11-16-24-33-44(34-25-17-12-15-23-31-40(46)50-42(3,4)5)35-26-32-43-41(47)48-36-37-27-19-18-20-28-37/h18-20,27-28,38H,6-17,21-26,29-36H2,1-5H3,(H,43,47). The van der Waals surface area contributed by atoms with E-state index in [9.17, 15) is 14.4 Å². The second kappa shape index (κ2) is 30.1. The molecule has 0 bridgehead atoms. The van der Waals surface area contributed by atoms with E-state index < -0.39 is 5.60 Å². The molecule has 1 atom stereocenters. The lowest BCUT2D eigenvalue weighted by Gasteiger charge is -2.22. The largest absolute Gasteiger partial charge is 0.462 e. The monoisotopic (exact) mass is 703 g/mol. The van der Waals surface area contributed by atoms with Gasteiger partial charge in [-0.15, -0.1) is 0 Å². The van der Waals surface area contributed by atoms with E-state index in [4.69, 9.17) is 14.2 Å². The van der Waals surface area contributed by atoms with Crippen LogP contribution < -0.4 is 5.32 Å². The summed E-state index contributed by atoms with van der Waals surface area (Å²) in [6.45, 7) is 13.9. The van der Waals surface area contributed by atoms with Gasteiger partial charge < -0.3 is 24.4 Å². The molecule has 0 saturated carbocycles. The molecule has 0 heterocycles. The minimum atomic E-state index is -0.419. The number of rotatable bonds is 31. The van der Waals surface area contributed by atoms with E-state index in [1.807, 2.05) is 51.1 Å². The van der Waals surface area contributed by atoms with Crippen molar-refractivity contribution in [2.45, 2.75) is 188 Å². The van der Waals surface area contributed by atoms with Crippen LogP contribution >= 0.6 is 0 Å². The number of nitrogens with zero attached hydrogens (tertiary/aromatic N) is 1. The molecule has 0 aromatic heterocycles. The molecule has 0 aliphatic rings. The molecular formula is C42H74N2O6. The van der Waals surface area contributed by atoms with Crippen LogP contribution in [0.15, 0.2) is 30.3 Å². The molecule has 1 amide bonds. The summed E-state index contributed by atoms with van der Waals surface area (Å²) < 4.78 is 16.5. The molecule has 1 unspecified atom stereocenters. The molecule has 8 nitrogen and oxygen atoms in total. The van der Waals surface area contributed by atoms with Crippen LogP contribution in [-0.4, -0.2) is 60.8 Å². The van der Waals surface area contributed by atoms with E-state index >= 15 is 0 Å². The molecule has 50 heavy (non-hydrogen) atoms. The normalized spacial score (nSPS) is 12.1. The summed E-state index contributed by atoms with van der Waals surface area (Å²) in [6.07, 6.45) is 21.7. The zero-order valence-corrected chi connectivity index (χ0v) is 32.7. The van der Waals surface area contributed by atoms with Gasteiger partial charge in [0.15, 0.2) is 0 Å². The van der Waals surface area contributed by atoms with E-state index in [-0.39, 0.29) is 30.7 Å². The lowest BCUT2D eigenvalue weighted by molar-refractivity contribution is -0.155. The third-order valence-electron chi connectivity index (χ3n) is 8.90. The Morgan fingerprint density at radius 2 is 1.22 bits per heavy atom. The Bertz CT molecular complexity index is 980. The lowest BCUT2D eigenvalue weighted by atomic mass is 10.1. The number of benzene rings is 1. The molecule has 1 aromatic carbocycles. The van der Waals surface area contributed by atoms with E-state index in [0.29, 0.717) is 19.4 Å². The highest BCUT2D eigenvalue weighted by Gasteiger charge is 2.16. The molecular weight excluding hydrogens is 628 g/mol. The lowest BCUT2D eigenvalue weighted by Crippen LogP contribution is -2.31. The average molecular weight is 703 g/mol. The summed E-state index contributed by atoms with van der Waals surface area (Å²) in [5.74, 6) is -0.137. The van der Waals surface area contributed by atoms with Crippen LogP contribution in [0.25, 0.3) is 0 Å². The van der Waals surface area contributed by atoms with Crippen molar-refractivity contribution in [2.24, 2.45) is 0 Å². The maximum absolute atomic E-state index is 12.4. The number of hydrogen-bond acceptors (Lipinski definition) is 7. The number of carbonyl (C=O) groups is 3. The number of ether oxygens (including phenoxy) is 3. The molecule has 288 valence electrons. The zero-order valence-electron chi connectivity index (χ0n) is 32.7. The Labute approximate surface area is 306 Å². The quantitative estimate of drug-likeness (QED) is 0.0467. The summed E-state index contributed by atoms with van der Waals surface area (Å²) in [5, 5.41) is 2.89. The van der Waals surface area contributed by atoms with Crippen molar-refractivity contribution >= 4 is 18.0 Å². The van der Waals surface area contributed by atoms with Gasteiger partial charge in [-0.05, 0) is 97.3 Å². The Hall–Kier alpha value is -2.61. The Kier molecular flexibility index (Phi) is 27.3. The first kappa shape index (κ1) is 45.4. The van der Waals surface area contributed by atoms with Crippen LogP contribution in [0, 0.1) is 0 Å². The maximum Gasteiger partial charge on any atom is 0.407 e. The van der Waals surface area contributed by atoms with Gasteiger partial charge in [0.05, 0.1) is 0 Å². The van der Waals surface area contributed by atoms with Crippen LogP contribution in [0.3, 0.4) is 0 Å². The van der Waals surface area contributed by atoms with Crippen LogP contribution in [0.2, 0.25) is 0 Å². The zero-order chi connectivity index (χ0) is 36.7. The van der Waals surface area contributed by atoms with Crippen LogP contribution in [-0.2, 0) is 30.4 Å². The molecule has 0 spiro atoms. The molecule has 0 aliphatic heterocycles. The Morgan fingerprint density at radius 1 is 0.680 bits per heavy atom. The highest BCUT2D eigenvalue weighted by molar-refractivity contribution is 5.70. The van der Waals surface area contributed by atoms with Crippen molar-refractivity contribution in [3.63, 3.8) is 0 Å². The first-order valence-corrected chi connectivity index (χ1v) is 20.2. The molecule has 0 saturated heterocycles. The van der Waals surface area contributed by atoms with Crippen LogP contribution in [0.4, 0.5) is 4.79 Å². The topological polar surface area (TPSA) is 94.2 Å². The third kappa shape index (κ3) is 28.1. The van der Waals surface area contributed by atoms with Gasteiger partial charge in [-0.2, -0.15) is 0 Å². The maximum atomic E-state index is 12.4. The van der Waals surface area contributed by atoms with Gasteiger partial charge in [0, 0.05) is 19.4 Å². The van der Waals surface area contributed by atoms with Gasteiger partial charge in [0.2, 0.25) is 0 Å². The molecule has 1 aromatic rings. The predicted octanol–water partition coefficient (Wildman–Crippen LogP) is 10.7. The molecule has 0 radical (unpaired) electrons. The van der Waals surface area contributed by atoms with Gasteiger partial charge in [0.1, 0.15) is 18.3 Å². The van der Waals surface area contributed by atoms with Gasteiger partial charge in [-0.1, -0.05) is 115 Å². The first-order chi connectivity index (χ1) is 24.1. The predicted molar refractivity (Wildman–Crippen MR) is 205 cm³/mol. The summed E-state index contributed by atoms with van der Waals surface area (Å²) in [4.78, 5) is 39.0. The summed E-state index contributed by atoms with van der Waals surface area (Å²) in [7, 11) is 0. The molecule has 0 aliphatic carbocycles. The second-order valence-corrected chi connectivity index (χ2v) is 14.9. The minimum absolute atomic E-state index is 0.0311. The van der Waals surface area contributed by atoms with Gasteiger partial charge in [-0.25, -0.2) is 4.79 Å². The van der Waals surface area contributed by atoms with Crippen LogP contribution in [0.1, 0.15) is 175 Å². The van der Waals surface area contributed by atoms with Crippen molar-refractivity contribution in [3.8, 4) is 0 Å². The van der Waals surface area contributed by atoms with Crippen molar-refractivity contribution < 1.29 is 28.6 Å². The first-order valence-electron chi connectivity index (χ1n) is 20.2. The number of hydrogen-bond donors (Lipinski definition) is 1. The second-order valence-electron chi connectivity index (χ2n) is 14.9. The number of alkyl carbamates (subject to hydrolysis) is 1. The van der Waals surface area contributed by atoms with E-state index in [0.717, 1.165) is 115 Å². The molecule has 0 fully saturated rings. The number of esters is 2. The highest BCUT2D eigenvalue weighted by atomic mass is 16.6. The fraction of sp³-hybridized carbons (Fsp3) is 0.786. The van der Waals surface area contributed by atoms with Crippen molar-refractivity contribution in [1.29, 1.82) is 0 Å². The van der Waals surface area contributed by atoms with E-state index in [2.05, 4.69) is 24.1 Å². The van der Waals surface area contributed by atoms with Crippen LogP contribution in [0.5, 0.6) is 0 Å². The Balaban J connectivity index is 2.29. The van der Waals surface area contributed by atoms with Crippen molar-refractivity contribution in [2.75, 3.05) is 26.2 Å². The smallest absolute Gasteiger partial charge is 0.407 e. The summed E-state index contributed by atoms with van der Waals surface area (Å²) in [5.41, 5.74) is 0.555. The summed E-state index contributed by atoms with van der Waals surface area (Å²) in [6, 6.07) is 9.71. The van der Waals surface area contributed by atoms with Crippen molar-refractivity contribution in [3.05, 3.63) is 35.9 Å². The van der Waals surface area contributed by atoms with E-state index in [1.165, 1.54) is 32.1 Å². The number of nitrogens with one attached hydrogen (secondary N) is 1. The minimum Gasteiger partial charge on any atom is -0.462 e. The molecule has 1 N–H and O–H groups in total. The molecule has 1 rings (SSSR count). The average Bonchev–Trinajstić information content (AvgIpc) is 3.08. The fourth-order valence-electron chi connectivity index (χ4n) is 6.01. The number of carbonyl (C=O) groups excluding carboxylic acids is 3. The van der Waals surface area contributed by atoms with E-state index in [1.54, 1.807) is 0 Å². The van der Waals surface area contributed by atoms with Gasteiger partial charge in [0.25, 0.3) is 0 Å².